The van der Waals surface area contributed by atoms with Gasteiger partial charge in [-0.05, 0) is 56.3 Å². The van der Waals surface area contributed by atoms with E-state index < -0.39 is 17.6 Å². The van der Waals surface area contributed by atoms with Crippen molar-refractivity contribution in [1.29, 1.82) is 0 Å². The van der Waals surface area contributed by atoms with Crippen LogP contribution in [0.25, 0.3) is 17.1 Å². The summed E-state index contributed by atoms with van der Waals surface area (Å²) < 4.78 is 45.4. The Bertz CT molecular complexity index is 1300. The number of aromatic nitrogens is 3. The first kappa shape index (κ1) is 23.0. The van der Waals surface area contributed by atoms with Crippen LogP contribution < -0.4 is 10.1 Å². The van der Waals surface area contributed by atoms with E-state index in [-0.39, 0.29) is 11.6 Å². The predicted molar refractivity (Wildman–Crippen MR) is 122 cm³/mol. The third-order valence-corrected chi connectivity index (χ3v) is 4.99. The Morgan fingerprint density at radius 3 is 2.38 bits per heavy atom. The molecule has 0 radical (unpaired) electrons. The van der Waals surface area contributed by atoms with Crippen LogP contribution >= 0.6 is 0 Å². The van der Waals surface area contributed by atoms with Crippen molar-refractivity contribution >= 4 is 11.6 Å². The van der Waals surface area contributed by atoms with Gasteiger partial charge in [0.05, 0.1) is 17.9 Å². The van der Waals surface area contributed by atoms with Crippen LogP contribution in [-0.2, 0) is 6.18 Å². The lowest BCUT2D eigenvalue weighted by Gasteiger charge is -2.10. The van der Waals surface area contributed by atoms with Crippen LogP contribution in [0.15, 0.2) is 72.8 Å². The molecule has 0 unspecified atom stereocenters. The minimum Gasteiger partial charge on any atom is -0.463 e. The normalized spacial score (nSPS) is 11.3. The summed E-state index contributed by atoms with van der Waals surface area (Å²) in [5.74, 6) is 0.0351. The van der Waals surface area contributed by atoms with Gasteiger partial charge in [0.1, 0.15) is 0 Å². The Labute approximate surface area is 194 Å². The molecule has 0 bridgehead atoms. The summed E-state index contributed by atoms with van der Waals surface area (Å²) in [5.41, 5.74) is 2.31. The van der Waals surface area contributed by atoms with Crippen molar-refractivity contribution in [1.82, 2.24) is 14.8 Å². The van der Waals surface area contributed by atoms with Gasteiger partial charge in [-0.15, -0.1) is 5.10 Å². The van der Waals surface area contributed by atoms with Gasteiger partial charge in [0.25, 0.3) is 5.91 Å². The summed E-state index contributed by atoms with van der Waals surface area (Å²) in [6.07, 6.45) is -4.46. The molecule has 1 heterocycles. The Balaban J connectivity index is 1.62. The van der Waals surface area contributed by atoms with Gasteiger partial charge in [0, 0.05) is 16.8 Å². The maximum atomic E-state index is 12.8. The smallest absolute Gasteiger partial charge is 0.416 e. The number of alkyl halides is 3. The van der Waals surface area contributed by atoms with Crippen LogP contribution in [0.1, 0.15) is 28.4 Å². The molecule has 1 amide bonds. The molecular formula is C25H21F3N4O2. The van der Waals surface area contributed by atoms with Crippen molar-refractivity contribution in [2.45, 2.75) is 20.0 Å². The number of hydrogen-bond donors (Lipinski definition) is 1. The first-order valence-corrected chi connectivity index (χ1v) is 10.5. The van der Waals surface area contributed by atoms with E-state index in [4.69, 9.17) is 4.74 Å². The fourth-order valence-corrected chi connectivity index (χ4v) is 3.28. The van der Waals surface area contributed by atoms with Gasteiger partial charge in [-0.3, -0.25) is 4.79 Å². The Morgan fingerprint density at radius 1 is 1.03 bits per heavy atom. The average Bonchev–Trinajstić information content (AvgIpc) is 3.23. The quantitative estimate of drug-likeness (QED) is 0.383. The maximum absolute atomic E-state index is 12.8. The van der Waals surface area contributed by atoms with E-state index in [2.05, 4.69) is 15.4 Å². The number of aryl methyl sites for hydroxylation is 1. The summed E-state index contributed by atoms with van der Waals surface area (Å²) in [7, 11) is 0. The molecule has 0 saturated heterocycles. The summed E-state index contributed by atoms with van der Waals surface area (Å²) in [5, 5.41) is 7.16. The summed E-state index contributed by atoms with van der Waals surface area (Å²) in [6.45, 7) is 4.23. The monoisotopic (exact) mass is 466 g/mol. The number of benzene rings is 3. The van der Waals surface area contributed by atoms with Crippen molar-refractivity contribution in [2.24, 2.45) is 0 Å². The Morgan fingerprint density at radius 2 is 1.74 bits per heavy atom. The molecule has 0 aliphatic carbocycles. The molecule has 34 heavy (non-hydrogen) atoms. The van der Waals surface area contributed by atoms with Crippen LogP contribution in [-0.4, -0.2) is 27.3 Å². The number of halogens is 3. The zero-order valence-corrected chi connectivity index (χ0v) is 18.4. The molecule has 0 atom stereocenters. The molecule has 0 aliphatic heterocycles. The van der Waals surface area contributed by atoms with Crippen LogP contribution in [0, 0.1) is 6.92 Å². The highest BCUT2D eigenvalue weighted by atomic mass is 19.4. The van der Waals surface area contributed by atoms with Crippen molar-refractivity contribution in [3.63, 3.8) is 0 Å². The summed E-state index contributed by atoms with van der Waals surface area (Å²) in [6, 6.07) is 19.0. The standard InChI is InChI=1S/C25H21F3N4O2/c1-3-34-24-30-22(17-9-7-16(2)8-10-17)32(31-24)21-6-4-5-20(15-21)29-23(33)18-11-13-19(14-12-18)25(26,27)28/h4-15H,3H2,1-2H3,(H,29,33). The third-order valence-electron chi connectivity index (χ3n) is 4.99. The van der Waals surface area contributed by atoms with E-state index in [0.29, 0.717) is 23.8 Å². The zero-order valence-electron chi connectivity index (χ0n) is 18.4. The number of ether oxygens (including phenoxy) is 1. The van der Waals surface area contributed by atoms with Gasteiger partial charge in [0.15, 0.2) is 5.82 Å². The van der Waals surface area contributed by atoms with Gasteiger partial charge in [-0.2, -0.15) is 18.2 Å². The highest BCUT2D eigenvalue weighted by molar-refractivity contribution is 6.04. The summed E-state index contributed by atoms with van der Waals surface area (Å²) in [4.78, 5) is 17.1. The molecule has 0 fully saturated rings. The second-order valence-corrected chi connectivity index (χ2v) is 7.51. The lowest BCUT2D eigenvalue weighted by molar-refractivity contribution is -0.137. The molecule has 4 rings (SSSR count). The number of nitrogens with zero attached hydrogens (tertiary/aromatic N) is 3. The van der Waals surface area contributed by atoms with Crippen molar-refractivity contribution in [3.05, 3.63) is 89.5 Å². The Hall–Kier alpha value is -4.14. The maximum Gasteiger partial charge on any atom is 0.416 e. The first-order chi connectivity index (χ1) is 16.2. The fourth-order valence-electron chi connectivity index (χ4n) is 3.28. The lowest BCUT2D eigenvalue weighted by Crippen LogP contribution is -2.13. The highest BCUT2D eigenvalue weighted by Gasteiger charge is 2.30. The van der Waals surface area contributed by atoms with Gasteiger partial charge < -0.3 is 10.1 Å². The minimum absolute atomic E-state index is 0.109. The molecule has 6 nitrogen and oxygen atoms in total. The minimum atomic E-state index is -4.46. The molecule has 0 spiro atoms. The van der Waals surface area contributed by atoms with E-state index >= 15 is 0 Å². The predicted octanol–water partition coefficient (Wildman–Crippen LogP) is 5.91. The van der Waals surface area contributed by atoms with E-state index in [1.165, 1.54) is 0 Å². The van der Waals surface area contributed by atoms with Crippen molar-refractivity contribution in [2.75, 3.05) is 11.9 Å². The van der Waals surface area contributed by atoms with E-state index in [0.717, 1.165) is 35.4 Å². The molecule has 3 aromatic carbocycles. The molecule has 4 aromatic rings. The number of hydrogen-bond acceptors (Lipinski definition) is 4. The SMILES string of the molecule is CCOc1nc(-c2ccc(C)cc2)n(-c2cccc(NC(=O)c3ccc(C(F)(F)F)cc3)c2)n1. The van der Waals surface area contributed by atoms with Gasteiger partial charge in [-0.25, -0.2) is 4.68 Å². The van der Waals surface area contributed by atoms with Crippen LogP contribution in [0.4, 0.5) is 18.9 Å². The fraction of sp³-hybridized carbons (Fsp3) is 0.160. The molecule has 1 aromatic heterocycles. The highest BCUT2D eigenvalue weighted by Crippen LogP contribution is 2.29. The van der Waals surface area contributed by atoms with Gasteiger partial charge >= 0.3 is 12.2 Å². The number of carbonyl (C=O) groups excluding carboxylic acids is 1. The van der Waals surface area contributed by atoms with E-state index in [1.807, 2.05) is 38.1 Å². The number of rotatable bonds is 6. The number of carbonyl (C=O) groups is 1. The molecule has 9 heteroatoms. The molecule has 174 valence electrons. The van der Waals surface area contributed by atoms with Crippen molar-refractivity contribution in [3.8, 4) is 23.1 Å². The number of nitrogens with one attached hydrogen (secondary N) is 1. The van der Waals surface area contributed by atoms with Crippen LogP contribution in [0.5, 0.6) is 6.01 Å². The Kier molecular flexibility index (Phi) is 6.36. The van der Waals surface area contributed by atoms with E-state index in [9.17, 15) is 18.0 Å². The number of amides is 1. The lowest BCUT2D eigenvalue weighted by atomic mass is 10.1. The van der Waals surface area contributed by atoms with Crippen LogP contribution in [0.3, 0.4) is 0 Å². The van der Waals surface area contributed by atoms with E-state index in [1.54, 1.807) is 28.9 Å². The topological polar surface area (TPSA) is 69.0 Å². The first-order valence-electron chi connectivity index (χ1n) is 10.5. The molecule has 0 saturated carbocycles. The van der Waals surface area contributed by atoms with Crippen molar-refractivity contribution < 1.29 is 22.7 Å². The second-order valence-electron chi connectivity index (χ2n) is 7.51. The van der Waals surface area contributed by atoms with Gasteiger partial charge in [-0.1, -0.05) is 35.9 Å². The summed E-state index contributed by atoms with van der Waals surface area (Å²) >= 11 is 0. The van der Waals surface area contributed by atoms with Gasteiger partial charge in [0.2, 0.25) is 0 Å². The average molecular weight is 466 g/mol. The number of anilines is 1. The second kappa shape index (κ2) is 9.38. The largest absolute Gasteiger partial charge is 0.463 e. The van der Waals surface area contributed by atoms with Crippen LogP contribution in [0.2, 0.25) is 0 Å². The third kappa shape index (κ3) is 5.09. The molecule has 1 N–H and O–H groups in total. The molecular weight excluding hydrogens is 445 g/mol. The molecule has 0 aliphatic rings. The zero-order chi connectivity index (χ0) is 24.3.